The van der Waals surface area contributed by atoms with E-state index in [9.17, 15) is 9.59 Å². The van der Waals surface area contributed by atoms with Crippen molar-refractivity contribution in [3.8, 4) is 0 Å². The summed E-state index contributed by atoms with van der Waals surface area (Å²) in [5, 5.41) is 0. The normalized spacial score (nSPS) is 25.3. The molecule has 2 saturated heterocycles. The van der Waals surface area contributed by atoms with Crippen molar-refractivity contribution in [3.63, 3.8) is 0 Å². The molecule has 3 rings (SSSR count). The van der Waals surface area contributed by atoms with Crippen LogP contribution >= 0.6 is 0 Å². The molecule has 2 atom stereocenters. The first-order chi connectivity index (χ1) is 10.6. The van der Waals surface area contributed by atoms with Crippen LogP contribution in [0.25, 0.3) is 0 Å². The second-order valence-electron chi connectivity index (χ2n) is 6.51. The lowest BCUT2D eigenvalue weighted by atomic mass is 10.0. The predicted octanol–water partition coefficient (Wildman–Crippen LogP) is 2.00. The molecule has 2 aliphatic heterocycles. The van der Waals surface area contributed by atoms with E-state index in [4.69, 9.17) is 0 Å². The van der Waals surface area contributed by atoms with E-state index in [1.54, 1.807) is 12.4 Å². The molecule has 5 nitrogen and oxygen atoms in total. The summed E-state index contributed by atoms with van der Waals surface area (Å²) in [7, 11) is 0. The van der Waals surface area contributed by atoms with Crippen molar-refractivity contribution >= 4 is 11.8 Å². The third-order valence-corrected chi connectivity index (χ3v) is 4.76. The van der Waals surface area contributed by atoms with Crippen molar-refractivity contribution in [2.24, 2.45) is 5.92 Å². The minimum absolute atomic E-state index is 0.105. The van der Waals surface area contributed by atoms with E-state index < -0.39 is 0 Å². The number of hydrogen-bond donors (Lipinski definition) is 0. The smallest absolute Gasteiger partial charge is 0.228 e. The van der Waals surface area contributed by atoms with Gasteiger partial charge in [-0.3, -0.25) is 14.6 Å². The average molecular weight is 301 g/mol. The van der Waals surface area contributed by atoms with Crippen molar-refractivity contribution in [2.75, 3.05) is 13.1 Å². The molecule has 0 saturated carbocycles. The van der Waals surface area contributed by atoms with Crippen LogP contribution in [0.2, 0.25) is 0 Å². The Morgan fingerprint density at radius 1 is 1.32 bits per heavy atom. The van der Waals surface area contributed by atoms with E-state index in [2.05, 4.69) is 4.98 Å². The fourth-order valence-electron chi connectivity index (χ4n) is 3.59. The van der Waals surface area contributed by atoms with Gasteiger partial charge in [0.25, 0.3) is 0 Å². The topological polar surface area (TPSA) is 53.5 Å². The zero-order valence-corrected chi connectivity index (χ0v) is 13.2. The fourth-order valence-corrected chi connectivity index (χ4v) is 3.59. The van der Waals surface area contributed by atoms with Crippen LogP contribution in [0.1, 0.15) is 44.7 Å². The molecule has 0 unspecified atom stereocenters. The molecular weight excluding hydrogens is 278 g/mol. The SMILES string of the molecule is CC(C)N1C[C@H](C(=O)N2CCC[C@@H]2c2ccncc2)CC1=O. The van der Waals surface area contributed by atoms with Crippen molar-refractivity contribution in [1.29, 1.82) is 0 Å². The van der Waals surface area contributed by atoms with Crippen LogP contribution in [0, 0.1) is 5.92 Å². The van der Waals surface area contributed by atoms with Gasteiger partial charge in [-0.05, 0) is 44.4 Å². The van der Waals surface area contributed by atoms with E-state index in [1.165, 1.54) is 0 Å². The summed E-state index contributed by atoms with van der Waals surface area (Å²) in [5.41, 5.74) is 1.14. The lowest BCUT2D eigenvalue weighted by Crippen LogP contribution is -2.38. The lowest BCUT2D eigenvalue weighted by Gasteiger charge is -2.28. The number of likely N-dealkylation sites (tertiary alicyclic amines) is 2. The molecule has 3 heterocycles. The second kappa shape index (κ2) is 6.07. The predicted molar refractivity (Wildman–Crippen MR) is 82.9 cm³/mol. The minimum Gasteiger partial charge on any atom is -0.339 e. The summed E-state index contributed by atoms with van der Waals surface area (Å²) in [4.78, 5) is 32.8. The number of rotatable bonds is 3. The van der Waals surface area contributed by atoms with Crippen LogP contribution in [-0.2, 0) is 9.59 Å². The van der Waals surface area contributed by atoms with Crippen molar-refractivity contribution in [1.82, 2.24) is 14.8 Å². The van der Waals surface area contributed by atoms with Gasteiger partial charge >= 0.3 is 0 Å². The summed E-state index contributed by atoms with van der Waals surface area (Å²) in [6.45, 7) is 5.36. The van der Waals surface area contributed by atoms with E-state index in [0.717, 1.165) is 24.9 Å². The number of carbonyl (C=O) groups excluding carboxylic acids is 2. The maximum atomic E-state index is 12.9. The third-order valence-electron chi connectivity index (χ3n) is 4.76. The van der Waals surface area contributed by atoms with Crippen molar-refractivity contribution < 1.29 is 9.59 Å². The molecule has 0 radical (unpaired) electrons. The van der Waals surface area contributed by atoms with Gasteiger partial charge in [0.05, 0.1) is 12.0 Å². The van der Waals surface area contributed by atoms with Gasteiger partial charge in [-0.15, -0.1) is 0 Å². The van der Waals surface area contributed by atoms with Crippen LogP contribution < -0.4 is 0 Å². The van der Waals surface area contributed by atoms with Crippen LogP contribution in [0.5, 0.6) is 0 Å². The van der Waals surface area contributed by atoms with Gasteiger partial charge in [-0.25, -0.2) is 0 Å². The number of hydrogen-bond acceptors (Lipinski definition) is 3. The molecule has 2 amide bonds. The maximum Gasteiger partial charge on any atom is 0.228 e. The fraction of sp³-hybridized carbons (Fsp3) is 0.588. The molecule has 5 heteroatoms. The van der Waals surface area contributed by atoms with Crippen molar-refractivity contribution in [3.05, 3.63) is 30.1 Å². The van der Waals surface area contributed by atoms with E-state index in [-0.39, 0.29) is 29.8 Å². The van der Waals surface area contributed by atoms with E-state index in [0.29, 0.717) is 13.0 Å². The first kappa shape index (κ1) is 15.0. The number of nitrogens with zero attached hydrogens (tertiary/aromatic N) is 3. The highest BCUT2D eigenvalue weighted by molar-refractivity contribution is 5.89. The Labute approximate surface area is 131 Å². The first-order valence-corrected chi connectivity index (χ1v) is 8.08. The minimum atomic E-state index is -0.183. The molecular formula is C17H23N3O2. The Morgan fingerprint density at radius 2 is 2.05 bits per heavy atom. The Bertz CT molecular complexity index is 558. The zero-order valence-electron chi connectivity index (χ0n) is 13.2. The third kappa shape index (κ3) is 2.72. The number of amides is 2. The molecule has 118 valence electrons. The molecule has 22 heavy (non-hydrogen) atoms. The highest BCUT2D eigenvalue weighted by atomic mass is 16.2. The summed E-state index contributed by atoms with van der Waals surface area (Å²) in [5.74, 6) is 0.0566. The number of carbonyl (C=O) groups is 2. The van der Waals surface area contributed by atoms with Gasteiger partial charge in [0.1, 0.15) is 0 Å². The molecule has 0 aromatic carbocycles. The summed E-state index contributed by atoms with van der Waals surface area (Å²) >= 11 is 0. The van der Waals surface area contributed by atoms with Gasteiger partial charge in [-0.1, -0.05) is 0 Å². The highest BCUT2D eigenvalue weighted by Crippen LogP contribution is 2.34. The standard InChI is InChI=1S/C17H23N3O2/c1-12(2)20-11-14(10-16(20)21)17(22)19-9-3-4-15(19)13-5-7-18-8-6-13/h5-8,12,14-15H,3-4,9-11H2,1-2H3/t14-,15-/m1/s1. The lowest BCUT2D eigenvalue weighted by molar-refractivity contribution is -0.136. The number of pyridine rings is 1. The second-order valence-corrected chi connectivity index (χ2v) is 6.51. The highest BCUT2D eigenvalue weighted by Gasteiger charge is 2.40. The summed E-state index contributed by atoms with van der Waals surface area (Å²) in [6.07, 6.45) is 5.92. The first-order valence-electron chi connectivity index (χ1n) is 8.08. The van der Waals surface area contributed by atoms with Crippen LogP contribution in [-0.4, -0.2) is 45.7 Å². The molecule has 0 spiro atoms. The quantitative estimate of drug-likeness (QED) is 0.858. The average Bonchev–Trinajstić information content (AvgIpc) is 3.14. The molecule has 1 aromatic heterocycles. The van der Waals surface area contributed by atoms with Gasteiger partial charge < -0.3 is 9.80 Å². The molecule has 0 bridgehead atoms. The van der Waals surface area contributed by atoms with E-state index >= 15 is 0 Å². The molecule has 2 fully saturated rings. The van der Waals surface area contributed by atoms with Gasteiger partial charge in [-0.2, -0.15) is 0 Å². The summed E-state index contributed by atoms with van der Waals surface area (Å²) in [6, 6.07) is 4.27. The van der Waals surface area contributed by atoms with Gasteiger partial charge in [0.2, 0.25) is 11.8 Å². The van der Waals surface area contributed by atoms with Crippen LogP contribution in [0.4, 0.5) is 0 Å². The Morgan fingerprint density at radius 3 is 2.68 bits per heavy atom. The monoisotopic (exact) mass is 301 g/mol. The van der Waals surface area contributed by atoms with E-state index in [1.807, 2.05) is 35.8 Å². The summed E-state index contributed by atoms with van der Waals surface area (Å²) < 4.78 is 0. The van der Waals surface area contributed by atoms with Crippen molar-refractivity contribution in [2.45, 2.75) is 45.2 Å². The van der Waals surface area contributed by atoms with Gasteiger partial charge in [0.15, 0.2) is 0 Å². The van der Waals surface area contributed by atoms with Gasteiger partial charge in [0, 0.05) is 37.9 Å². The van der Waals surface area contributed by atoms with Crippen LogP contribution in [0.15, 0.2) is 24.5 Å². The molecule has 2 aliphatic rings. The maximum absolute atomic E-state index is 12.9. The Balaban J connectivity index is 1.73. The Hall–Kier alpha value is -1.91. The molecule has 0 N–H and O–H groups in total. The number of aromatic nitrogens is 1. The zero-order chi connectivity index (χ0) is 15.7. The molecule has 1 aromatic rings. The molecule has 0 aliphatic carbocycles. The largest absolute Gasteiger partial charge is 0.339 e. The van der Waals surface area contributed by atoms with Crippen LogP contribution in [0.3, 0.4) is 0 Å². The Kier molecular flexibility index (Phi) is 4.14.